The number of ether oxygens (including phenoxy) is 1. The van der Waals surface area contributed by atoms with Crippen molar-refractivity contribution in [3.63, 3.8) is 0 Å². The number of carboxylic acid groups (broad SMARTS) is 1. The zero-order valence-corrected chi connectivity index (χ0v) is 18.6. The van der Waals surface area contributed by atoms with Gasteiger partial charge in [-0.05, 0) is 43.2 Å². The lowest BCUT2D eigenvalue weighted by atomic mass is 10.0. The third-order valence-electron chi connectivity index (χ3n) is 6.65. The lowest BCUT2D eigenvalue weighted by molar-refractivity contribution is 0.0695. The van der Waals surface area contributed by atoms with Crippen LogP contribution in [-0.2, 0) is 0 Å². The monoisotopic (exact) mass is 475 g/mol. The number of fused-ring (bicyclic) bond motifs is 1. The second-order valence-corrected chi connectivity index (χ2v) is 8.55. The molecule has 33 heavy (non-hydrogen) atoms. The van der Waals surface area contributed by atoms with E-state index in [0.29, 0.717) is 18.8 Å². The van der Waals surface area contributed by atoms with Crippen molar-refractivity contribution < 1.29 is 24.1 Å². The number of benzene rings is 2. The van der Waals surface area contributed by atoms with E-state index < -0.39 is 22.8 Å². The summed E-state index contributed by atoms with van der Waals surface area (Å²) in [5.41, 5.74) is 5.92. The zero-order chi connectivity index (χ0) is 22.8. The summed E-state index contributed by atoms with van der Waals surface area (Å²) in [6.45, 7) is 1.04. The first-order valence-corrected chi connectivity index (χ1v) is 10.2. The molecule has 0 bridgehead atoms. The van der Waals surface area contributed by atoms with Crippen molar-refractivity contribution in [2.45, 2.75) is 18.9 Å². The summed E-state index contributed by atoms with van der Waals surface area (Å²) >= 11 is 0. The highest BCUT2D eigenvalue weighted by Gasteiger charge is 2.54. The lowest BCUT2D eigenvalue weighted by Gasteiger charge is -2.24. The number of carbonyl (C=O) groups is 1. The molecule has 2 heterocycles. The van der Waals surface area contributed by atoms with E-state index in [1.807, 2.05) is 4.90 Å². The molecule has 1 aromatic heterocycles. The minimum absolute atomic E-state index is 0. The number of nitrogens with zero attached hydrogens (tertiary/aromatic N) is 2. The Labute approximate surface area is 194 Å². The number of hydrogen-bond donors (Lipinski definition) is 3. The number of phenolic OH excluding ortho intramolecular Hbond substituents is 1. The fourth-order valence-corrected chi connectivity index (χ4v) is 4.73. The Morgan fingerprint density at radius 1 is 1.27 bits per heavy atom. The Kier molecular flexibility index (Phi) is 5.50. The summed E-state index contributed by atoms with van der Waals surface area (Å²) in [6, 6.07) is 7.00. The molecule has 3 aromatic rings. The summed E-state index contributed by atoms with van der Waals surface area (Å²) < 4.78 is 22.5. The average molecular weight is 476 g/mol. The first-order valence-electron chi connectivity index (χ1n) is 10.2. The zero-order valence-electron chi connectivity index (χ0n) is 17.7. The molecular formula is C23H23ClFN3O5. The Bertz CT molecular complexity index is 1320. The molecule has 5 rings (SSSR count). The van der Waals surface area contributed by atoms with E-state index in [0.717, 1.165) is 18.9 Å². The van der Waals surface area contributed by atoms with Gasteiger partial charge >= 0.3 is 5.97 Å². The molecule has 10 heteroatoms. The molecule has 0 amide bonds. The molecule has 8 nitrogen and oxygen atoms in total. The van der Waals surface area contributed by atoms with Crippen LogP contribution < -0.4 is 20.8 Å². The third kappa shape index (κ3) is 3.48. The van der Waals surface area contributed by atoms with Crippen LogP contribution in [0.25, 0.3) is 16.6 Å². The number of aromatic hydroxyl groups is 1. The molecule has 1 saturated heterocycles. The van der Waals surface area contributed by atoms with Crippen molar-refractivity contribution in [1.29, 1.82) is 0 Å². The number of methoxy groups -OCH3 is 1. The maximum Gasteiger partial charge on any atom is 0.341 e. The molecule has 2 aromatic carbocycles. The third-order valence-corrected chi connectivity index (χ3v) is 6.65. The van der Waals surface area contributed by atoms with Crippen LogP contribution in [0.2, 0.25) is 0 Å². The van der Waals surface area contributed by atoms with E-state index in [1.54, 1.807) is 12.1 Å². The van der Waals surface area contributed by atoms with E-state index in [-0.39, 0.29) is 52.0 Å². The molecule has 1 saturated carbocycles. The predicted octanol–water partition coefficient (Wildman–Crippen LogP) is 2.89. The van der Waals surface area contributed by atoms with E-state index in [9.17, 15) is 19.8 Å². The number of hydrogen-bond acceptors (Lipinski definition) is 6. The summed E-state index contributed by atoms with van der Waals surface area (Å²) in [5, 5.41) is 19.1. The van der Waals surface area contributed by atoms with Gasteiger partial charge in [-0.15, -0.1) is 12.4 Å². The minimum Gasteiger partial charge on any atom is -0.508 e. The second kappa shape index (κ2) is 7.93. The summed E-state index contributed by atoms with van der Waals surface area (Å²) in [7, 11) is 1.39. The minimum atomic E-state index is -1.42. The van der Waals surface area contributed by atoms with Gasteiger partial charge in [-0.2, -0.15) is 0 Å². The largest absolute Gasteiger partial charge is 0.508 e. The number of aromatic nitrogens is 1. The molecule has 174 valence electrons. The summed E-state index contributed by atoms with van der Waals surface area (Å²) in [4.78, 5) is 26.5. The van der Waals surface area contributed by atoms with Crippen LogP contribution in [0.5, 0.6) is 11.5 Å². The van der Waals surface area contributed by atoms with Crippen LogP contribution in [-0.4, -0.2) is 47.0 Å². The lowest BCUT2D eigenvalue weighted by Crippen LogP contribution is -2.30. The van der Waals surface area contributed by atoms with E-state index in [4.69, 9.17) is 10.5 Å². The highest BCUT2D eigenvalue weighted by Crippen LogP contribution is 2.54. The van der Waals surface area contributed by atoms with Crippen LogP contribution in [0, 0.1) is 11.2 Å². The maximum absolute atomic E-state index is 15.4. The number of rotatable bonds is 4. The molecule has 1 unspecified atom stereocenters. The smallest absolute Gasteiger partial charge is 0.341 e. The first kappa shape index (κ1) is 22.9. The number of nitrogens with two attached hydrogens (primary N) is 1. The molecule has 1 spiro atoms. The summed E-state index contributed by atoms with van der Waals surface area (Å²) in [5.74, 6) is -1.94. The second-order valence-electron chi connectivity index (χ2n) is 8.55. The van der Waals surface area contributed by atoms with Crippen molar-refractivity contribution in [2.75, 3.05) is 25.1 Å². The highest BCUT2D eigenvalue weighted by atomic mass is 35.5. The first-order chi connectivity index (χ1) is 15.3. The summed E-state index contributed by atoms with van der Waals surface area (Å²) in [6.07, 6.45) is 3.17. The molecule has 4 N–H and O–H groups in total. The number of anilines is 1. The molecule has 2 aliphatic rings. The van der Waals surface area contributed by atoms with Gasteiger partial charge in [0.25, 0.3) is 0 Å². The van der Waals surface area contributed by atoms with Gasteiger partial charge in [0.05, 0.1) is 12.5 Å². The Balaban J connectivity index is 0.00000259. The van der Waals surface area contributed by atoms with Crippen LogP contribution >= 0.6 is 12.4 Å². The quantitative estimate of drug-likeness (QED) is 0.531. The standard InChI is InChI=1S/C23H22FN3O5.ClH/c1-32-21-18-14(8-16(24)19(21)26-10-17(25)23(11-26)6-7-23)20(29)15(22(30)31)9-27(18)12-2-4-13(28)5-3-12;/h2-5,8-9,17,28H,6-7,10-11,25H2,1H3,(H,30,31);1H. The Morgan fingerprint density at radius 3 is 2.48 bits per heavy atom. The van der Waals surface area contributed by atoms with Crippen molar-refractivity contribution >= 4 is 35.0 Å². The highest BCUT2D eigenvalue weighted by molar-refractivity contribution is 5.98. The van der Waals surface area contributed by atoms with E-state index >= 15 is 4.39 Å². The Hall–Kier alpha value is -3.30. The van der Waals surface area contributed by atoms with Crippen molar-refractivity contribution in [1.82, 2.24) is 4.57 Å². The topological polar surface area (TPSA) is 118 Å². The Morgan fingerprint density at radius 2 is 1.94 bits per heavy atom. The van der Waals surface area contributed by atoms with Gasteiger partial charge in [-0.3, -0.25) is 4.79 Å². The fraction of sp³-hybridized carbons (Fsp3) is 0.304. The maximum atomic E-state index is 15.4. The average Bonchev–Trinajstić information content (AvgIpc) is 3.47. The molecule has 1 aliphatic heterocycles. The van der Waals surface area contributed by atoms with Gasteiger partial charge in [0.2, 0.25) is 5.43 Å². The molecule has 1 atom stereocenters. The van der Waals surface area contributed by atoms with Gasteiger partial charge in [-0.25, -0.2) is 9.18 Å². The number of phenols is 1. The SMILES string of the molecule is COc1c(N2CC(N)C3(CC3)C2)c(F)cc2c(=O)c(C(=O)O)cn(-c3ccc(O)cc3)c12.Cl. The van der Waals surface area contributed by atoms with Crippen molar-refractivity contribution in [3.05, 3.63) is 58.1 Å². The van der Waals surface area contributed by atoms with E-state index in [2.05, 4.69) is 0 Å². The number of carboxylic acids is 1. The normalized spacial score (nSPS) is 18.4. The molecular weight excluding hydrogens is 453 g/mol. The van der Waals surface area contributed by atoms with Crippen LogP contribution in [0.1, 0.15) is 23.2 Å². The fourth-order valence-electron chi connectivity index (χ4n) is 4.73. The molecule has 2 fully saturated rings. The number of pyridine rings is 1. The van der Waals surface area contributed by atoms with Crippen LogP contribution in [0.3, 0.4) is 0 Å². The predicted molar refractivity (Wildman–Crippen MR) is 124 cm³/mol. The van der Waals surface area contributed by atoms with Gasteiger partial charge in [0, 0.05) is 36.4 Å². The molecule has 1 aliphatic carbocycles. The van der Waals surface area contributed by atoms with Crippen LogP contribution in [0.4, 0.5) is 10.1 Å². The van der Waals surface area contributed by atoms with Crippen molar-refractivity contribution in [2.24, 2.45) is 11.1 Å². The number of aromatic carboxylic acids is 1. The number of halogens is 2. The van der Waals surface area contributed by atoms with Gasteiger partial charge in [0.1, 0.15) is 22.5 Å². The van der Waals surface area contributed by atoms with Crippen LogP contribution in [0.15, 0.2) is 41.3 Å². The van der Waals surface area contributed by atoms with Gasteiger partial charge in [0.15, 0.2) is 11.6 Å². The van der Waals surface area contributed by atoms with Gasteiger partial charge < -0.3 is 30.2 Å². The molecule has 0 radical (unpaired) electrons. The van der Waals surface area contributed by atoms with Crippen molar-refractivity contribution in [3.8, 4) is 17.2 Å². The van der Waals surface area contributed by atoms with E-state index in [1.165, 1.54) is 30.0 Å². The van der Waals surface area contributed by atoms with Gasteiger partial charge in [-0.1, -0.05) is 0 Å².